The van der Waals surface area contributed by atoms with Gasteiger partial charge in [-0.25, -0.2) is 8.42 Å². The van der Waals surface area contributed by atoms with Gasteiger partial charge in [0.15, 0.2) is 5.65 Å². The Hall–Kier alpha value is -1.83. The van der Waals surface area contributed by atoms with Gasteiger partial charge in [0.25, 0.3) is 0 Å². The van der Waals surface area contributed by atoms with Gasteiger partial charge >= 0.3 is 0 Å². The van der Waals surface area contributed by atoms with E-state index >= 15 is 0 Å². The lowest BCUT2D eigenvalue weighted by Gasteiger charge is -2.47. The maximum Gasteiger partial charge on any atom is 0.242 e. The fraction of sp³-hybridized carbons (Fsp3) is 0.727. The molecule has 0 aliphatic heterocycles. The Morgan fingerprint density at radius 1 is 1.20 bits per heavy atom. The summed E-state index contributed by atoms with van der Waals surface area (Å²) in [7, 11) is -3.42. The van der Waals surface area contributed by atoms with Crippen molar-refractivity contribution in [1.29, 1.82) is 0 Å². The van der Waals surface area contributed by atoms with Crippen LogP contribution >= 0.6 is 0 Å². The molecule has 5 rings (SSSR count). The second-order valence-electron chi connectivity index (χ2n) is 9.92. The molecule has 0 saturated heterocycles. The monoisotopic (exact) mass is 432 g/mol. The number of nitrogens with zero attached hydrogens (tertiary/aromatic N) is 3. The molecule has 3 saturated carbocycles. The summed E-state index contributed by atoms with van der Waals surface area (Å²) in [6.07, 6.45) is 12.0. The second-order valence-corrected chi connectivity index (χ2v) is 11.7. The molecular formula is C22H32N4O3S. The quantitative estimate of drug-likeness (QED) is 0.739. The molecule has 0 radical (unpaired) electrons. The van der Waals surface area contributed by atoms with Crippen LogP contribution in [0, 0.1) is 23.7 Å². The first-order valence-electron chi connectivity index (χ1n) is 11.3. The highest BCUT2D eigenvalue weighted by molar-refractivity contribution is 7.92. The average Bonchev–Trinajstić information content (AvgIpc) is 3.45. The van der Waals surface area contributed by atoms with Gasteiger partial charge in [0.1, 0.15) is 11.9 Å². The molecule has 2 bridgehead atoms. The van der Waals surface area contributed by atoms with Crippen LogP contribution < -0.4 is 9.46 Å². The highest BCUT2D eigenvalue weighted by Crippen LogP contribution is 2.49. The van der Waals surface area contributed by atoms with E-state index in [2.05, 4.69) is 28.8 Å². The molecule has 0 spiro atoms. The summed E-state index contributed by atoms with van der Waals surface area (Å²) in [5.74, 6) is 4.49. The predicted molar refractivity (Wildman–Crippen MR) is 116 cm³/mol. The Labute approximate surface area is 178 Å². The van der Waals surface area contributed by atoms with Gasteiger partial charge in [0.2, 0.25) is 16.0 Å². The van der Waals surface area contributed by atoms with Crippen LogP contribution in [0.5, 0.6) is 5.75 Å². The van der Waals surface area contributed by atoms with Crippen molar-refractivity contribution in [2.24, 2.45) is 23.7 Å². The predicted octanol–water partition coefficient (Wildman–Crippen LogP) is 4.21. The number of pyridine rings is 1. The normalized spacial score (nSPS) is 31.6. The number of hydrogen-bond donors (Lipinski definition) is 1. The van der Waals surface area contributed by atoms with Crippen LogP contribution in [0.3, 0.4) is 0 Å². The second kappa shape index (κ2) is 7.39. The number of rotatable bonds is 6. The van der Waals surface area contributed by atoms with Gasteiger partial charge in [-0.1, -0.05) is 13.8 Å². The topological polar surface area (TPSA) is 85.6 Å². The summed E-state index contributed by atoms with van der Waals surface area (Å²) >= 11 is 0. The molecule has 2 aromatic heterocycles. The van der Waals surface area contributed by atoms with E-state index in [1.165, 1.54) is 25.7 Å². The van der Waals surface area contributed by atoms with Gasteiger partial charge in [-0.05, 0) is 74.5 Å². The minimum Gasteiger partial charge on any atom is -0.489 e. The molecule has 2 heterocycles. The van der Waals surface area contributed by atoms with Crippen LogP contribution in [0.15, 0.2) is 12.3 Å². The van der Waals surface area contributed by atoms with Gasteiger partial charge in [-0.2, -0.15) is 0 Å². The maximum absolute atomic E-state index is 11.7. The molecule has 8 heteroatoms. The summed E-state index contributed by atoms with van der Waals surface area (Å²) < 4.78 is 34.4. The number of hydrogen-bond acceptors (Lipinski definition) is 5. The Bertz CT molecular complexity index is 1040. The van der Waals surface area contributed by atoms with Crippen LogP contribution in [0.1, 0.15) is 70.3 Å². The van der Waals surface area contributed by atoms with Gasteiger partial charge in [-0.15, -0.1) is 10.2 Å². The molecule has 3 aliphatic carbocycles. The number of nitrogens with one attached hydrogen (secondary N) is 1. The Morgan fingerprint density at radius 2 is 2.00 bits per heavy atom. The van der Waals surface area contributed by atoms with Crippen molar-refractivity contribution >= 4 is 21.6 Å². The minimum atomic E-state index is -3.42. The molecule has 2 aromatic rings. The number of fused-ring (bicyclic) bond motifs is 3. The number of anilines is 1. The lowest BCUT2D eigenvalue weighted by molar-refractivity contribution is -0.0239. The molecule has 5 atom stereocenters. The van der Waals surface area contributed by atoms with Gasteiger partial charge in [0, 0.05) is 17.8 Å². The Balaban J connectivity index is 1.49. The van der Waals surface area contributed by atoms with Crippen molar-refractivity contribution < 1.29 is 13.2 Å². The lowest BCUT2D eigenvalue weighted by atomic mass is 9.63. The van der Waals surface area contributed by atoms with E-state index in [0.29, 0.717) is 23.4 Å². The maximum atomic E-state index is 11.7. The minimum absolute atomic E-state index is 0.231. The first-order chi connectivity index (χ1) is 14.3. The fourth-order valence-corrected chi connectivity index (χ4v) is 6.39. The van der Waals surface area contributed by atoms with Crippen LogP contribution in [0.4, 0.5) is 5.95 Å². The van der Waals surface area contributed by atoms with Crippen molar-refractivity contribution in [3.63, 3.8) is 0 Å². The largest absolute Gasteiger partial charge is 0.489 e. The zero-order valence-electron chi connectivity index (χ0n) is 18.0. The Morgan fingerprint density at radius 3 is 2.70 bits per heavy atom. The fourth-order valence-electron chi connectivity index (χ4n) is 5.92. The smallest absolute Gasteiger partial charge is 0.242 e. The van der Waals surface area contributed by atoms with E-state index < -0.39 is 10.0 Å². The zero-order valence-corrected chi connectivity index (χ0v) is 18.9. The third-order valence-electron chi connectivity index (χ3n) is 7.26. The van der Waals surface area contributed by atoms with Crippen LogP contribution in [-0.2, 0) is 10.0 Å². The lowest BCUT2D eigenvalue weighted by Crippen LogP contribution is -2.44. The molecular weight excluding hydrogens is 400 g/mol. The van der Waals surface area contributed by atoms with Crippen LogP contribution in [-0.4, -0.2) is 35.4 Å². The van der Waals surface area contributed by atoms with Crippen molar-refractivity contribution in [3.8, 4) is 5.75 Å². The van der Waals surface area contributed by atoms with Crippen molar-refractivity contribution in [1.82, 2.24) is 14.6 Å². The summed E-state index contributed by atoms with van der Waals surface area (Å²) in [5, 5.41) is 8.24. The number of aromatic nitrogens is 3. The summed E-state index contributed by atoms with van der Waals surface area (Å²) in [6.45, 7) is 4.68. The van der Waals surface area contributed by atoms with Crippen molar-refractivity contribution in [2.45, 2.75) is 70.8 Å². The first kappa shape index (κ1) is 20.1. The molecule has 7 nitrogen and oxygen atoms in total. The van der Waals surface area contributed by atoms with E-state index in [4.69, 9.17) is 4.74 Å². The Kier molecular flexibility index (Phi) is 4.95. The summed E-state index contributed by atoms with van der Waals surface area (Å²) in [5.41, 5.74) is 1.76. The highest BCUT2D eigenvalue weighted by atomic mass is 32.2. The molecule has 0 amide bonds. The van der Waals surface area contributed by atoms with E-state index in [9.17, 15) is 8.42 Å². The molecule has 0 aromatic carbocycles. The van der Waals surface area contributed by atoms with Gasteiger partial charge in [0.05, 0.1) is 6.26 Å². The van der Waals surface area contributed by atoms with Gasteiger partial charge < -0.3 is 4.74 Å². The number of ether oxygens (including phenoxy) is 1. The third kappa shape index (κ3) is 3.90. The molecule has 30 heavy (non-hydrogen) atoms. The van der Waals surface area contributed by atoms with E-state index in [0.717, 1.165) is 48.7 Å². The van der Waals surface area contributed by atoms with Crippen LogP contribution in [0.25, 0.3) is 5.65 Å². The van der Waals surface area contributed by atoms with Crippen molar-refractivity contribution in [2.75, 3.05) is 11.0 Å². The molecule has 164 valence electrons. The number of sulfonamides is 1. The average molecular weight is 433 g/mol. The van der Waals surface area contributed by atoms with E-state index in [-0.39, 0.29) is 12.1 Å². The van der Waals surface area contributed by atoms with Crippen LogP contribution in [0.2, 0.25) is 0 Å². The molecule has 1 N–H and O–H groups in total. The van der Waals surface area contributed by atoms with E-state index in [1.807, 2.05) is 12.3 Å². The molecule has 5 unspecified atom stereocenters. The third-order valence-corrected chi connectivity index (χ3v) is 7.81. The zero-order chi connectivity index (χ0) is 21.0. The SMILES string of the molecule is CCC1CC2CC(C)CC(C2)C1Oc1cc2nnc(NS(C)(=O)=O)n2cc1C1CC1. The highest BCUT2D eigenvalue weighted by Gasteiger charge is 2.43. The van der Waals surface area contributed by atoms with Crippen molar-refractivity contribution in [3.05, 3.63) is 17.8 Å². The van der Waals surface area contributed by atoms with E-state index in [1.54, 1.807) is 4.40 Å². The summed E-state index contributed by atoms with van der Waals surface area (Å²) in [4.78, 5) is 0. The summed E-state index contributed by atoms with van der Waals surface area (Å²) in [6, 6.07) is 1.96. The molecule has 3 fully saturated rings. The van der Waals surface area contributed by atoms with Gasteiger partial charge in [-0.3, -0.25) is 9.12 Å². The standard InChI is InChI=1S/C22H32N4O3S/c1-4-15-9-14-7-13(2)8-17(10-14)21(15)29-19-11-20-23-24-22(25-30(3,27)28)26(20)12-18(19)16-5-6-16/h11-17,21H,4-10H2,1-3H3,(H,24,25). The molecule has 3 aliphatic rings. The first-order valence-corrected chi connectivity index (χ1v) is 13.2.